The van der Waals surface area contributed by atoms with Crippen molar-refractivity contribution in [3.05, 3.63) is 32.0 Å². The Morgan fingerprint density at radius 1 is 1.32 bits per heavy atom. The molecule has 0 spiro atoms. The van der Waals surface area contributed by atoms with Crippen LogP contribution in [-0.2, 0) is 4.74 Å². The fourth-order valence-electron chi connectivity index (χ4n) is 3.56. The molecule has 2 aromatic heterocycles. The molecule has 0 bridgehead atoms. The molecule has 0 aromatic carbocycles. The second-order valence-electron chi connectivity index (χ2n) is 7.57. The summed E-state index contributed by atoms with van der Waals surface area (Å²) in [5.74, 6) is -1.41. The van der Waals surface area contributed by atoms with Crippen molar-refractivity contribution in [1.82, 2.24) is 20.6 Å². The lowest BCUT2D eigenvalue weighted by Gasteiger charge is -2.37. The van der Waals surface area contributed by atoms with E-state index in [4.69, 9.17) is 27.9 Å². The average molecular weight is 550 g/mol. The Balaban J connectivity index is 1.72. The van der Waals surface area contributed by atoms with Gasteiger partial charge in [-0.3, -0.25) is 9.59 Å². The second-order valence-corrected chi connectivity index (χ2v) is 10.3. The van der Waals surface area contributed by atoms with Gasteiger partial charge in [0.15, 0.2) is 10.8 Å². The van der Waals surface area contributed by atoms with Gasteiger partial charge in [0.1, 0.15) is 10.6 Å². The number of amides is 2. The Hall–Kier alpha value is -1.99. The molecule has 14 heteroatoms. The molecule has 0 unspecified atom stereocenters. The van der Waals surface area contributed by atoms with Crippen molar-refractivity contribution in [2.24, 2.45) is 0 Å². The van der Waals surface area contributed by atoms with E-state index in [-0.39, 0.29) is 27.3 Å². The summed E-state index contributed by atoms with van der Waals surface area (Å²) < 4.78 is 5.60. The van der Waals surface area contributed by atoms with Crippen LogP contribution in [0.3, 0.4) is 0 Å². The molecule has 3 rings (SSSR count). The Kier molecular flexibility index (Phi) is 9.10. The summed E-state index contributed by atoms with van der Waals surface area (Å²) >= 11 is 14.7. The third-order valence-electron chi connectivity index (χ3n) is 5.35. The normalized spacial score (nSPS) is 18.1. The van der Waals surface area contributed by atoms with Gasteiger partial charge in [0.25, 0.3) is 11.8 Å². The van der Waals surface area contributed by atoms with Gasteiger partial charge < -0.3 is 30.4 Å². The molecule has 34 heavy (non-hydrogen) atoms. The smallest absolute Gasteiger partial charge is 0.348 e. The minimum Gasteiger partial charge on any atom is -0.477 e. The van der Waals surface area contributed by atoms with Gasteiger partial charge in [-0.2, -0.15) is 11.8 Å². The maximum Gasteiger partial charge on any atom is 0.348 e. The molecule has 2 atom stereocenters. The standard InChI is InChI=1S/C20H25Cl2N5O5S2/c1-9-12(21)13(22)14(24-9)18(29)25-10-4-6-27(8-11(10)32-2)20-26-15(16(34-20)19(30)31)17(28)23-5-7-33-3/h10-11,24H,4-8H2,1-3H3,(H,23,28)(H,25,29)(H,30,31)/t10-,11+/m1/s1. The Morgan fingerprint density at radius 2 is 2.06 bits per heavy atom. The number of rotatable bonds is 9. The number of hydrogen-bond acceptors (Lipinski definition) is 8. The SMILES string of the molecule is CO[C@H]1CN(c2nc(C(=O)NCCSC)c(C(=O)O)s2)CC[C@H]1NC(=O)c1[nH]c(C)c(Cl)c1Cl. The molecular formula is C20H25Cl2N5O5S2. The van der Waals surface area contributed by atoms with Crippen LogP contribution in [0.1, 0.15) is 42.8 Å². The van der Waals surface area contributed by atoms with E-state index >= 15 is 0 Å². The highest BCUT2D eigenvalue weighted by molar-refractivity contribution is 7.98. The van der Waals surface area contributed by atoms with E-state index in [0.717, 1.165) is 11.3 Å². The summed E-state index contributed by atoms with van der Waals surface area (Å²) in [6, 6.07) is -0.319. The molecule has 186 valence electrons. The topological polar surface area (TPSA) is 137 Å². The zero-order valence-corrected chi connectivity index (χ0v) is 21.9. The molecule has 0 aliphatic carbocycles. The third-order valence-corrected chi connectivity index (χ3v) is 8.01. The van der Waals surface area contributed by atoms with Gasteiger partial charge in [-0.25, -0.2) is 9.78 Å². The minimum absolute atomic E-state index is 0.105. The maximum atomic E-state index is 12.7. The number of aryl methyl sites for hydroxylation is 1. The number of methoxy groups -OCH3 is 1. The van der Waals surface area contributed by atoms with Crippen molar-refractivity contribution in [1.29, 1.82) is 0 Å². The molecule has 10 nitrogen and oxygen atoms in total. The molecule has 0 saturated carbocycles. The van der Waals surface area contributed by atoms with E-state index in [1.807, 2.05) is 11.2 Å². The molecule has 1 saturated heterocycles. The van der Waals surface area contributed by atoms with Crippen LogP contribution in [0.25, 0.3) is 0 Å². The van der Waals surface area contributed by atoms with Gasteiger partial charge in [0, 0.05) is 38.2 Å². The van der Waals surface area contributed by atoms with Crippen LogP contribution in [0.15, 0.2) is 0 Å². The molecule has 1 aliphatic rings. The Morgan fingerprint density at radius 3 is 2.65 bits per heavy atom. The lowest BCUT2D eigenvalue weighted by atomic mass is 10.0. The Labute approximate surface area is 214 Å². The molecule has 3 heterocycles. The number of carboxylic acids is 1. The number of hydrogen-bond donors (Lipinski definition) is 4. The van der Waals surface area contributed by atoms with Crippen LogP contribution in [0.5, 0.6) is 0 Å². The number of nitrogens with zero attached hydrogens (tertiary/aromatic N) is 2. The number of halogens is 2. The van der Waals surface area contributed by atoms with Gasteiger partial charge in [0.05, 0.1) is 22.2 Å². The number of aromatic nitrogens is 2. The molecule has 4 N–H and O–H groups in total. The van der Waals surface area contributed by atoms with Gasteiger partial charge in [-0.15, -0.1) is 0 Å². The first kappa shape index (κ1) is 26.6. The number of carboxylic acid groups (broad SMARTS) is 1. The van der Waals surface area contributed by atoms with Crippen molar-refractivity contribution >= 4 is 69.2 Å². The quantitative estimate of drug-likeness (QED) is 0.350. The summed E-state index contributed by atoms with van der Waals surface area (Å²) in [5, 5.41) is 16.1. The summed E-state index contributed by atoms with van der Waals surface area (Å²) in [6.45, 7) is 2.96. The van der Waals surface area contributed by atoms with E-state index in [1.165, 1.54) is 7.11 Å². The second kappa shape index (κ2) is 11.6. The summed E-state index contributed by atoms with van der Waals surface area (Å²) in [4.78, 5) is 45.9. The fourth-order valence-corrected chi connectivity index (χ4v) is 5.22. The monoisotopic (exact) mass is 549 g/mol. The van der Waals surface area contributed by atoms with E-state index < -0.39 is 23.9 Å². The third kappa shape index (κ3) is 5.80. The number of H-pyrrole nitrogens is 1. The van der Waals surface area contributed by atoms with E-state index in [9.17, 15) is 19.5 Å². The van der Waals surface area contributed by atoms with Crippen LogP contribution in [-0.4, -0.2) is 83.8 Å². The number of nitrogens with one attached hydrogen (secondary N) is 3. The number of ether oxygens (including phenoxy) is 1. The number of thioether (sulfide) groups is 1. The summed E-state index contributed by atoms with van der Waals surface area (Å²) in [6.07, 6.45) is 2.02. The fraction of sp³-hybridized carbons (Fsp3) is 0.500. The van der Waals surface area contributed by atoms with Crippen molar-refractivity contribution in [3.8, 4) is 0 Å². The molecule has 1 fully saturated rings. The van der Waals surface area contributed by atoms with Crippen molar-refractivity contribution in [2.75, 3.05) is 43.7 Å². The highest BCUT2D eigenvalue weighted by Gasteiger charge is 2.34. The lowest BCUT2D eigenvalue weighted by Crippen LogP contribution is -2.55. The van der Waals surface area contributed by atoms with Crippen LogP contribution in [0.4, 0.5) is 5.13 Å². The van der Waals surface area contributed by atoms with Gasteiger partial charge in [-0.1, -0.05) is 34.5 Å². The molecule has 1 aliphatic heterocycles. The number of carbonyl (C=O) groups excluding carboxylic acids is 2. The number of anilines is 1. The zero-order valence-electron chi connectivity index (χ0n) is 18.7. The maximum absolute atomic E-state index is 12.7. The summed E-state index contributed by atoms with van der Waals surface area (Å²) in [5.41, 5.74) is 0.678. The first-order valence-electron chi connectivity index (χ1n) is 10.3. The number of aromatic amines is 1. The van der Waals surface area contributed by atoms with Crippen molar-refractivity contribution in [3.63, 3.8) is 0 Å². The predicted molar refractivity (Wildman–Crippen MR) is 134 cm³/mol. The van der Waals surface area contributed by atoms with E-state index in [2.05, 4.69) is 20.6 Å². The zero-order chi connectivity index (χ0) is 25.0. The van der Waals surface area contributed by atoms with Crippen LogP contribution < -0.4 is 15.5 Å². The van der Waals surface area contributed by atoms with Gasteiger partial charge >= 0.3 is 5.97 Å². The van der Waals surface area contributed by atoms with Gasteiger partial charge in [0.2, 0.25) is 0 Å². The molecular weight excluding hydrogens is 525 g/mol. The van der Waals surface area contributed by atoms with E-state index in [1.54, 1.807) is 18.7 Å². The first-order chi connectivity index (χ1) is 16.2. The van der Waals surface area contributed by atoms with Crippen LogP contribution in [0, 0.1) is 6.92 Å². The van der Waals surface area contributed by atoms with Crippen LogP contribution in [0.2, 0.25) is 10.0 Å². The van der Waals surface area contributed by atoms with E-state index in [0.29, 0.717) is 47.7 Å². The van der Waals surface area contributed by atoms with Crippen molar-refractivity contribution in [2.45, 2.75) is 25.5 Å². The molecule has 2 amide bonds. The van der Waals surface area contributed by atoms with Crippen molar-refractivity contribution < 1.29 is 24.2 Å². The Bertz CT molecular complexity index is 1080. The highest BCUT2D eigenvalue weighted by atomic mass is 35.5. The predicted octanol–water partition coefficient (Wildman–Crippen LogP) is 2.90. The molecule has 0 radical (unpaired) electrons. The highest BCUT2D eigenvalue weighted by Crippen LogP contribution is 2.31. The average Bonchev–Trinajstić information content (AvgIpc) is 3.37. The molecule has 2 aromatic rings. The summed E-state index contributed by atoms with van der Waals surface area (Å²) in [7, 11) is 1.53. The number of aromatic carboxylic acids is 1. The number of carbonyl (C=O) groups is 3. The lowest BCUT2D eigenvalue weighted by molar-refractivity contribution is 0.0540. The minimum atomic E-state index is -1.21. The van der Waals surface area contributed by atoms with Crippen LogP contribution >= 0.6 is 46.3 Å². The first-order valence-corrected chi connectivity index (χ1v) is 13.3. The number of piperidine rings is 1. The largest absolute Gasteiger partial charge is 0.477 e. The number of thiazole rings is 1. The van der Waals surface area contributed by atoms with Gasteiger partial charge in [-0.05, 0) is 19.6 Å².